The van der Waals surface area contributed by atoms with Crippen LogP contribution in [0.1, 0.15) is 37.7 Å². The molecule has 3 nitrogen and oxygen atoms in total. The molecule has 1 aromatic rings. The quantitative estimate of drug-likeness (QED) is 0.849. The van der Waals surface area contributed by atoms with Crippen LogP contribution in [0.3, 0.4) is 0 Å². The smallest absolute Gasteiger partial charge is 0.230 e. The second kappa shape index (κ2) is 4.09. The van der Waals surface area contributed by atoms with Crippen molar-refractivity contribution in [1.82, 2.24) is 5.32 Å². The van der Waals surface area contributed by atoms with E-state index < -0.39 is 5.60 Å². The number of nitrogens with one attached hydrogen (secondary N) is 1. The van der Waals surface area contributed by atoms with Crippen molar-refractivity contribution in [2.24, 2.45) is 0 Å². The number of hydrogen-bond donors (Lipinski definition) is 2. The third-order valence-electron chi connectivity index (χ3n) is 4.37. The summed E-state index contributed by atoms with van der Waals surface area (Å²) in [6, 6.07) is 9.95. The van der Waals surface area contributed by atoms with Gasteiger partial charge in [-0.1, -0.05) is 30.3 Å². The number of aliphatic hydroxyl groups is 1. The summed E-state index contributed by atoms with van der Waals surface area (Å²) in [5, 5.41) is 12.9. The van der Waals surface area contributed by atoms with Crippen molar-refractivity contribution < 1.29 is 9.90 Å². The SMILES string of the molecule is O=C(NCC1(O)CCC1)C1(c2ccccc2)CC1. The molecule has 0 spiro atoms. The molecule has 0 heterocycles. The van der Waals surface area contributed by atoms with E-state index in [2.05, 4.69) is 5.32 Å². The molecule has 96 valence electrons. The zero-order chi connectivity index (χ0) is 12.6. The standard InChI is InChI=1S/C15H19NO2/c17-13(16-11-14(18)7-4-8-14)15(9-10-15)12-5-2-1-3-6-12/h1-3,5-6,18H,4,7-11H2,(H,16,17). The molecule has 3 heteroatoms. The van der Waals surface area contributed by atoms with Crippen LogP contribution in [0, 0.1) is 0 Å². The van der Waals surface area contributed by atoms with Crippen LogP contribution in [0.5, 0.6) is 0 Å². The van der Waals surface area contributed by atoms with E-state index >= 15 is 0 Å². The zero-order valence-corrected chi connectivity index (χ0v) is 10.5. The lowest BCUT2D eigenvalue weighted by atomic mass is 9.80. The monoisotopic (exact) mass is 245 g/mol. The lowest BCUT2D eigenvalue weighted by Gasteiger charge is -2.37. The van der Waals surface area contributed by atoms with Crippen LogP contribution in [0.4, 0.5) is 0 Å². The van der Waals surface area contributed by atoms with Gasteiger partial charge in [-0.15, -0.1) is 0 Å². The van der Waals surface area contributed by atoms with Gasteiger partial charge in [-0.2, -0.15) is 0 Å². The lowest BCUT2D eigenvalue weighted by Crippen LogP contribution is -2.49. The first-order valence-electron chi connectivity index (χ1n) is 6.71. The van der Waals surface area contributed by atoms with Crippen molar-refractivity contribution >= 4 is 5.91 Å². The Balaban J connectivity index is 1.65. The first-order chi connectivity index (χ1) is 8.65. The van der Waals surface area contributed by atoms with Crippen LogP contribution >= 0.6 is 0 Å². The van der Waals surface area contributed by atoms with Crippen LogP contribution < -0.4 is 5.32 Å². The second-order valence-electron chi connectivity index (χ2n) is 5.71. The maximum atomic E-state index is 12.3. The highest BCUT2D eigenvalue weighted by atomic mass is 16.3. The number of benzene rings is 1. The van der Waals surface area contributed by atoms with E-state index in [1.165, 1.54) is 0 Å². The molecule has 2 N–H and O–H groups in total. The molecule has 0 aromatic heterocycles. The lowest BCUT2D eigenvalue weighted by molar-refractivity contribution is -0.126. The first kappa shape index (κ1) is 11.7. The van der Waals surface area contributed by atoms with Crippen molar-refractivity contribution in [1.29, 1.82) is 0 Å². The molecule has 2 aliphatic rings. The van der Waals surface area contributed by atoms with Gasteiger partial charge in [0.25, 0.3) is 0 Å². The van der Waals surface area contributed by atoms with Crippen LogP contribution in [0.15, 0.2) is 30.3 Å². The molecule has 2 fully saturated rings. The maximum Gasteiger partial charge on any atom is 0.230 e. The van der Waals surface area contributed by atoms with E-state index in [1.54, 1.807) is 0 Å². The van der Waals surface area contributed by atoms with Gasteiger partial charge in [0.1, 0.15) is 0 Å². The third-order valence-corrected chi connectivity index (χ3v) is 4.37. The minimum Gasteiger partial charge on any atom is -0.388 e. The molecule has 2 aliphatic carbocycles. The maximum absolute atomic E-state index is 12.3. The topological polar surface area (TPSA) is 49.3 Å². The predicted molar refractivity (Wildman–Crippen MR) is 69.2 cm³/mol. The molecule has 2 saturated carbocycles. The summed E-state index contributed by atoms with van der Waals surface area (Å²) in [6.07, 6.45) is 4.52. The van der Waals surface area contributed by atoms with Crippen LogP contribution in [0.2, 0.25) is 0 Å². The van der Waals surface area contributed by atoms with Crippen LogP contribution in [-0.2, 0) is 10.2 Å². The summed E-state index contributed by atoms with van der Waals surface area (Å²) in [7, 11) is 0. The third kappa shape index (κ3) is 1.93. The van der Waals surface area contributed by atoms with Crippen molar-refractivity contribution in [2.45, 2.75) is 43.1 Å². The molecular formula is C15H19NO2. The van der Waals surface area contributed by atoms with Gasteiger partial charge in [-0.3, -0.25) is 4.79 Å². The molecular weight excluding hydrogens is 226 g/mol. The fourth-order valence-electron chi connectivity index (χ4n) is 2.70. The Bertz CT molecular complexity index is 447. The molecule has 1 amide bonds. The highest BCUT2D eigenvalue weighted by Crippen LogP contribution is 2.48. The molecule has 1 aromatic carbocycles. The van der Waals surface area contributed by atoms with Gasteiger partial charge in [0, 0.05) is 6.54 Å². The summed E-state index contributed by atoms with van der Waals surface area (Å²) in [6.45, 7) is 0.403. The summed E-state index contributed by atoms with van der Waals surface area (Å²) >= 11 is 0. The van der Waals surface area contributed by atoms with Gasteiger partial charge >= 0.3 is 0 Å². The Morgan fingerprint density at radius 3 is 2.33 bits per heavy atom. The number of amides is 1. The molecule has 0 bridgehead atoms. The van der Waals surface area contributed by atoms with E-state index in [4.69, 9.17) is 0 Å². The largest absolute Gasteiger partial charge is 0.388 e. The van der Waals surface area contributed by atoms with Crippen molar-refractivity contribution in [3.8, 4) is 0 Å². The normalized spacial score (nSPS) is 22.9. The van der Waals surface area contributed by atoms with Gasteiger partial charge in [-0.25, -0.2) is 0 Å². The van der Waals surface area contributed by atoms with E-state index in [-0.39, 0.29) is 11.3 Å². The fraction of sp³-hybridized carbons (Fsp3) is 0.533. The Kier molecular flexibility index (Phi) is 2.67. The highest BCUT2D eigenvalue weighted by molar-refractivity contribution is 5.91. The molecule has 0 atom stereocenters. The van der Waals surface area contributed by atoms with Crippen LogP contribution in [-0.4, -0.2) is 23.2 Å². The fourth-order valence-corrected chi connectivity index (χ4v) is 2.70. The summed E-state index contributed by atoms with van der Waals surface area (Å²) in [4.78, 5) is 12.3. The average molecular weight is 245 g/mol. The molecule has 0 saturated heterocycles. The van der Waals surface area contributed by atoms with Crippen molar-refractivity contribution in [3.63, 3.8) is 0 Å². The van der Waals surface area contributed by atoms with Crippen molar-refractivity contribution in [2.75, 3.05) is 6.54 Å². The number of hydrogen-bond acceptors (Lipinski definition) is 2. The average Bonchev–Trinajstić information content (AvgIpc) is 3.16. The Hall–Kier alpha value is -1.35. The number of rotatable bonds is 4. The van der Waals surface area contributed by atoms with Gasteiger partial charge in [-0.05, 0) is 37.7 Å². The second-order valence-corrected chi connectivity index (χ2v) is 5.71. The molecule has 3 rings (SSSR count). The Morgan fingerprint density at radius 1 is 1.17 bits per heavy atom. The minimum absolute atomic E-state index is 0.0778. The molecule has 0 radical (unpaired) electrons. The molecule has 0 unspecified atom stereocenters. The zero-order valence-electron chi connectivity index (χ0n) is 10.5. The number of carbonyl (C=O) groups is 1. The summed E-state index contributed by atoms with van der Waals surface area (Å²) < 4.78 is 0. The van der Waals surface area contributed by atoms with Gasteiger partial charge < -0.3 is 10.4 Å². The summed E-state index contributed by atoms with van der Waals surface area (Å²) in [5.74, 6) is 0.0778. The van der Waals surface area contributed by atoms with Gasteiger partial charge in [0.15, 0.2) is 0 Å². The molecule has 0 aliphatic heterocycles. The predicted octanol–water partition coefficient (Wildman–Crippen LogP) is 1.75. The van der Waals surface area contributed by atoms with E-state index in [0.717, 1.165) is 37.7 Å². The van der Waals surface area contributed by atoms with Crippen molar-refractivity contribution in [3.05, 3.63) is 35.9 Å². The van der Waals surface area contributed by atoms with E-state index in [9.17, 15) is 9.90 Å². The number of carbonyl (C=O) groups excluding carboxylic acids is 1. The summed E-state index contributed by atoms with van der Waals surface area (Å²) in [5.41, 5.74) is 0.146. The highest BCUT2D eigenvalue weighted by Gasteiger charge is 2.51. The molecule has 18 heavy (non-hydrogen) atoms. The van der Waals surface area contributed by atoms with E-state index in [1.807, 2.05) is 30.3 Å². The van der Waals surface area contributed by atoms with Gasteiger partial charge in [0.2, 0.25) is 5.91 Å². The Labute approximate surface area is 107 Å². The van der Waals surface area contributed by atoms with E-state index in [0.29, 0.717) is 6.54 Å². The van der Waals surface area contributed by atoms with Gasteiger partial charge in [0.05, 0.1) is 11.0 Å². The first-order valence-corrected chi connectivity index (χ1v) is 6.71. The minimum atomic E-state index is -0.636. The van der Waals surface area contributed by atoms with Crippen LogP contribution in [0.25, 0.3) is 0 Å². The Morgan fingerprint density at radius 2 is 1.83 bits per heavy atom.